The van der Waals surface area contributed by atoms with Crippen molar-refractivity contribution in [3.63, 3.8) is 0 Å². The van der Waals surface area contributed by atoms with E-state index in [9.17, 15) is 9.90 Å². The van der Waals surface area contributed by atoms with E-state index in [4.69, 9.17) is 14.2 Å². The van der Waals surface area contributed by atoms with Crippen LogP contribution in [0.5, 0.6) is 11.5 Å². The maximum atomic E-state index is 11.9. The number of likely N-dealkylation sites (tertiary alicyclic amines) is 1. The number of carboxylic acid groups (broad SMARTS) is 1. The summed E-state index contributed by atoms with van der Waals surface area (Å²) in [7, 11) is 3.27. The number of aliphatic carboxylic acids is 1. The fourth-order valence-corrected chi connectivity index (χ4v) is 3.83. The summed E-state index contributed by atoms with van der Waals surface area (Å²) in [5.74, 6) is 0.856. The summed E-state index contributed by atoms with van der Waals surface area (Å²) in [5, 5.41) is 9.75. The van der Waals surface area contributed by atoms with Crippen LogP contribution in [0, 0.1) is 11.3 Å². The number of ether oxygens (including phenoxy) is 3. The Bertz CT molecular complexity index is 568. The van der Waals surface area contributed by atoms with Crippen molar-refractivity contribution in [1.29, 1.82) is 0 Å². The third-order valence-electron chi connectivity index (χ3n) is 5.11. The second-order valence-corrected chi connectivity index (χ2v) is 6.29. The molecule has 2 heterocycles. The van der Waals surface area contributed by atoms with Gasteiger partial charge in [0, 0.05) is 32.2 Å². The molecule has 2 saturated heterocycles. The van der Waals surface area contributed by atoms with E-state index in [2.05, 4.69) is 4.90 Å². The van der Waals surface area contributed by atoms with Crippen LogP contribution in [0.2, 0.25) is 0 Å². The molecular weight excluding hydrogens is 298 g/mol. The molecule has 2 fully saturated rings. The van der Waals surface area contributed by atoms with Gasteiger partial charge in [0.05, 0.1) is 31.8 Å². The normalized spacial score (nSPS) is 27.5. The minimum atomic E-state index is -0.708. The van der Waals surface area contributed by atoms with Crippen LogP contribution in [-0.2, 0) is 16.1 Å². The van der Waals surface area contributed by atoms with Crippen LogP contribution in [0.15, 0.2) is 18.2 Å². The minimum absolute atomic E-state index is 0.0365. The van der Waals surface area contributed by atoms with Crippen LogP contribution in [0.1, 0.15) is 12.0 Å². The average molecular weight is 321 g/mol. The molecule has 0 spiro atoms. The quantitative estimate of drug-likeness (QED) is 0.889. The fraction of sp³-hybridized carbons (Fsp3) is 0.588. The number of methoxy groups -OCH3 is 2. The molecule has 6 heteroatoms. The van der Waals surface area contributed by atoms with Gasteiger partial charge in [-0.2, -0.15) is 0 Å². The first-order chi connectivity index (χ1) is 11.1. The van der Waals surface area contributed by atoms with E-state index in [1.165, 1.54) is 0 Å². The van der Waals surface area contributed by atoms with Gasteiger partial charge >= 0.3 is 5.97 Å². The Balaban J connectivity index is 1.84. The first kappa shape index (κ1) is 16.1. The van der Waals surface area contributed by atoms with Gasteiger partial charge in [-0.25, -0.2) is 0 Å². The van der Waals surface area contributed by atoms with E-state index in [1.54, 1.807) is 14.2 Å². The molecule has 23 heavy (non-hydrogen) atoms. The third kappa shape index (κ3) is 2.77. The predicted molar refractivity (Wildman–Crippen MR) is 83.8 cm³/mol. The van der Waals surface area contributed by atoms with E-state index in [0.717, 1.165) is 17.1 Å². The zero-order valence-corrected chi connectivity index (χ0v) is 13.6. The molecule has 0 saturated carbocycles. The highest BCUT2D eigenvalue weighted by Gasteiger charge is 2.53. The van der Waals surface area contributed by atoms with E-state index >= 15 is 0 Å². The lowest BCUT2D eigenvalue weighted by atomic mass is 9.74. The van der Waals surface area contributed by atoms with Crippen molar-refractivity contribution in [2.45, 2.75) is 13.0 Å². The lowest BCUT2D eigenvalue weighted by molar-refractivity contribution is -0.157. The summed E-state index contributed by atoms with van der Waals surface area (Å²) < 4.78 is 16.4. The summed E-state index contributed by atoms with van der Waals surface area (Å²) in [6.45, 7) is 2.91. The van der Waals surface area contributed by atoms with E-state index in [-0.39, 0.29) is 5.92 Å². The molecule has 2 aliphatic heterocycles. The number of nitrogens with zero attached hydrogens (tertiary/aromatic N) is 1. The highest BCUT2D eigenvalue weighted by molar-refractivity contribution is 5.76. The summed E-state index contributed by atoms with van der Waals surface area (Å²) >= 11 is 0. The maximum absolute atomic E-state index is 11.9. The Morgan fingerprint density at radius 3 is 2.65 bits per heavy atom. The SMILES string of the molecule is COc1cccc(OC)c1CN1C[C@@H]2COCC[C@]2(C(=O)O)C1. The van der Waals surface area contributed by atoms with Gasteiger partial charge in [0.25, 0.3) is 0 Å². The monoisotopic (exact) mass is 321 g/mol. The van der Waals surface area contributed by atoms with Crippen molar-refractivity contribution < 1.29 is 24.1 Å². The average Bonchev–Trinajstić information content (AvgIpc) is 2.94. The zero-order valence-electron chi connectivity index (χ0n) is 13.6. The summed E-state index contributed by atoms with van der Waals surface area (Å²) in [5.41, 5.74) is 0.269. The second-order valence-electron chi connectivity index (χ2n) is 6.29. The molecule has 0 unspecified atom stereocenters. The highest BCUT2D eigenvalue weighted by atomic mass is 16.5. The van der Waals surface area contributed by atoms with Crippen molar-refractivity contribution in [2.75, 3.05) is 40.5 Å². The molecule has 0 aromatic heterocycles. The first-order valence-electron chi connectivity index (χ1n) is 7.84. The van der Waals surface area contributed by atoms with Gasteiger partial charge in [-0.15, -0.1) is 0 Å². The van der Waals surface area contributed by atoms with Crippen LogP contribution in [0.3, 0.4) is 0 Å². The zero-order chi connectivity index (χ0) is 16.4. The van der Waals surface area contributed by atoms with E-state index in [1.807, 2.05) is 18.2 Å². The summed E-state index contributed by atoms with van der Waals surface area (Å²) in [6.07, 6.45) is 0.576. The number of carbonyl (C=O) groups is 1. The van der Waals surface area contributed by atoms with Crippen LogP contribution >= 0.6 is 0 Å². The van der Waals surface area contributed by atoms with Gasteiger partial charge in [0.15, 0.2) is 0 Å². The molecule has 2 aliphatic rings. The third-order valence-corrected chi connectivity index (χ3v) is 5.11. The molecule has 0 amide bonds. The molecule has 0 bridgehead atoms. The molecule has 2 atom stereocenters. The number of benzene rings is 1. The largest absolute Gasteiger partial charge is 0.496 e. The Hall–Kier alpha value is -1.79. The molecule has 1 N–H and O–H groups in total. The highest BCUT2D eigenvalue weighted by Crippen LogP contribution is 2.43. The summed E-state index contributed by atoms with van der Waals surface area (Å²) in [6, 6.07) is 5.69. The van der Waals surface area contributed by atoms with Crippen LogP contribution in [-0.4, -0.2) is 56.5 Å². The lowest BCUT2D eigenvalue weighted by Gasteiger charge is -2.34. The lowest BCUT2D eigenvalue weighted by Crippen LogP contribution is -2.44. The molecule has 1 aromatic carbocycles. The molecule has 6 nitrogen and oxygen atoms in total. The Kier molecular flexibility index (Phi) is 4.46. The predicted octanol–water partition coefficient (Wildman–Crippen LogP) is 1.63. The molecule has 126 valence electrons. The summed E-state index contributed by atoms with van der Waals surface area (Å²) in [4.78, 5) is 14.0. The van der Waals surface area contributed by atoms with E-state index in [0.29, 0.717) is 39.3 Å². The van der Waals surface area contributed by atoms with Crippen LogP contribution in [0.25, 0.3) is 0 Å². The number of rotatable bonds is 5. The smallest absolute Gasteiger partial charge is 0.311 e. The molecular formula is C17H23NO5. The number of carboxylic acids is 1. The van der Waals surface area contributed by atoms with Gasteiger partial charge in [0.2, 0.25) is 0 Å². The molecule has 0 aliphatic carbocycles. The number of hydrogen-bond acceptors (Lipinski definition) is 5. The van der Waals surface area contributed by atoms with Crippen molar-refractivity contribution in [2.24, 2.45) is 11.3 Å². The number of hydrogen-bond donors (Lipinski definition) is 1. The Labute approximate surface area is 135 Å². The number of fused-ring (bicyclic) bond motifs is 1. The second kappa shape index (κ2) is 6.37. The van der Waals surface area contributed by atoms with Crippen molar-refractivity contribution in [3.8, 4) is 11.5 Å². The minimum Gasteiger partial charge on any atom is -0.496 e. The molecule has 1 aromatic rings. The van der Waals surface area contributed by atoms with Gasteiger partial charge in [-0.3, -0.25) is 9.69 Å². The Morgan fingerprint density at radius 1 is 1.39 bits per heavy atom. The fourth-order valence-electron chi connectivity index (χ4n) is 3.83. The standard InChI is InChI=1S/C17H23NO5/c1-21-14-4-3-5-15(22-2)13(14)9-18-8-12-10-23-7-6-17(12,11-18)16(19)20/h3-5,12H,6-11H2,1-2H3,(H,19,20)/t12-,17+/m1/s1. The molecule has 0 radical (unpaired) electrons. The first-order valence-corrected chi connectivity index (χ1v) is 7.84. The van der Waals surface area contributed by atoms with Crippen LogP contribution in [0.4, 0.5) is 0 Å². The molecule has 3 rings (SSSR count). The van der Waals surface area contributed by atoms with Crippen molar-refractivity contribution in [3.05, 3.63) is 23.8 Å². The van der Waals surface area contributed by atoms with Gasteiger partial charge in [0.1, 0.15) is 11.5 Å². The van der Waals surface area contributed by atoms with Crippen LogP contribution < -0.4 is 9.47 Å². The van der Waals surface area contributed by atoms with Crippen molar-refractivity contribution >= 4 is 5.97 Å². The van der Waals surface area contributed by atoms with Gasteiger partial charge < -0.3 is 19.3 Å². The maximum Gasteiger partial charge on any atom is 0.311 e. The topological polar surface area (TPSA) is 68.2 Å². The van der Waals surface area contributed by atoms with Gasteiger partial charge in [-0.05, 0) is 18.6 Å². The van der Waals surface area contributed by atoms with Gasteiger partial charge in [-0.1, -0.05) is 6.07 Å². The van der Waals surface area contributed by atoms with Crippen molar-refractivity contribution in [1.82, 2.24) is 4.90 Å². The van der Waals surface area contributed by atoms with E-state index < -0.39 is 11.4 Å². The Morgan fingerprint density at radius 2 is 2.09 bits per heavy atom.